The van der Waals surface area contributed by atoms with Gasteiger partial charge in [0.05, 0.1) is 26.2 Å². The maximum absolute atomic E-state index is 14.8. The van der Waals surface area contributed by atoms with E-state index >= 15 is 0 Å². The highest BCUT2D eigenvalue weighted by Crippen LogP contribution is 2.38. The van der Waals surface area contributed by atoms with Crippen LogP contribution in [0.2, 0.25) is 0 Å². The topological polar surface area (TPSA) is 133 Å². The number of fused-ring (bicyclic) bond motifs is 1. The first-order chi connectivity index (χ1) is 20.7. The number of halogens is 1. The number of urea groups is 1. The molecule has 0 aliphatic rings. The summed E-state index contributed by atoms with van der Waals surface area (Å²) < 4.78 is 22.3. The van der Waals surface area contributed by atoms with E-state index < -0.39 is 23.1 Å². The van der Waals surface area contributed by atoms with Gasteiger partial charge in [0.1, 0.15) is 10.6 Å². The Balaban J connectivity index is 1.77. The summed E-state index contributed by atoms with van der Waals surface area (Å²) >= 11 is 1.26. The lowest BCUT2D eigenvalue weighted by molar-refractivity contribution is 0.114. The van der Waals surface area contributed by atoms with Crippen molar-refractivity contribution in [2.24, 2.45) is 0 Å². The molecular weight excluding hydrogens is 577 g/mol. The number of hydrogen-bond donors (Lipinski definition) is 2. The number of anilines is 1. The van der Waals surface area contributed by atoms with Crippen LogP contribution in [-0.4, -0.2) is 58.6 Å². The van der Waals surface area contributed by atoms with Gasteiger partial charge in [-0.2, -0.15) is 0 Å². The van der Waals surface area contributed by atoms with Gasteiger partial charge < -0.3 is 15.0 Å². The van der Waals surface area contributed by atoms with E-state index in [-0.39, 0.29) is 23.8 Å². The Bertz CT molecular complexity index is 1900. The summed E-state index contributed by atoms with van der Waals surface area (Å²) in [6.45, 7) is 0.248. The molecule has 5 aromatic rings. The van der Waals surface area contributed by atoms with Crippen LogP contribution in [0.4, 0.5) is 14.9 Å². The third-order valence-corrected chi connectivity index (χ3v) is 7.80. The molecule has 3 heterocycles. The van der Waals surface area contributed by atoms with Crippen molar-refractivity contribution in [1.29, 1.82) is 0 Å². The number of thiophene rings is 1. The van der Waals surface area contributed by atoms with Gasteiger partial charge in [-0.05, 0) is 49.5 Å². The third kappa shape index (κ3) is 6.02. The molecule has 12 nitrogen and oxygen atoms in total. The molecular formula is C29H28FN7O5S. The largest absolute Gasteiger partial charge is 0.480 e. The maximum atomic E-state index is 14.8. The van der Waals surface area contributed by atoms with Crippen LogP contribution in [0.3, 0.4) is 0 Å². The molecule has 0 atom stereocenters. The van der Waals surface area contributed by atoms with Crippen LogP contribution >= 0.6 is 11.3 Å². The van der Waals surface area contributed by atoms with E-state index in [1.54, 1.807) is 42.5 Å². The first kappa shape index (κ1) is 29.6. The van der Waals surface area contributed by atoms with Crippen molar-refractivity contribution in [2.75, 3.05) is 33.6 Å². The van der Waals surface area contributed by atoms with Crippen molar-refractivity contribution in [3.63, 3.8) is 0 Å². The number of nitrogens with zero attached hydrogens (tertiary/aromatic N) is 5. The van der Waals surface area contributed by atoms with Crippen LogP contribution in [0.5, 0.6) is 5.88 Å². The molecule has 3 aromatic heterocycles. The van der Waals surface area contributed by atoms with Crippen molar-refractivity contribution >= 4 is 33.3 Å². The summed E-state index contributed by atoms with van der Waals surface area (Å²) in [6.07, 6.45) is 0. The molecule has 0 saturated carbocycles. The maximum Gasteiger partial charge on any atom is 0.343 e. The van der Waals surface area contributed by atoms with Gasteiger partial charge in [0.2, 0.25) is 5.88 Å². The van der Waals surface area contributed by atoms with Gasteiger partial charge >= 0.3 is 11.7 Å². The van der Waals surface area contributed by atoms with E-state index in [0.29, 0.717) is 28.0 Å². The quantitative estimate of drug-likeness (QED) is 0.244. The zero-order chi connectivity index (χ0) is 30.7. The molecule has 43 heavy (non-hydrogen) atoms. The van der Waals surface area contributed by atoms with Crippen molar-refractivity contribution < 1.29 is 18.8 Å². The number of hydrogen-bond acceptors (Lipinski definition) is 9. The normalized spacial score (nSPS) is 11.2. The number of rotatable bonds is 9. The second-order valence-corrected chi connectivity index (χ2v) is 10.7. The molecule has 0 spiro atoms. The number of carbonyl (C=O) groups is 1. The van der Waals surface area contributed by atoms with Gasteiger partial charge in [-0.25, -0.2) is 24.0 Å². The van der Waals surface area contributed by atoms with Crippen LogP contribution in [0.15, 0.2) is 70.3 Å². The molecule has 2 amide bonds. The van der Waals surface area contributed by atoms with Crippen LogP contribution in [0.1, 0.15) is 11.1 Å². The van der Waals surface area contributed by atoms with Gasteiger partial charge in [-0.1, -0.05) is 30.3 Å². The predicted octanol–water partition coefficient (Wildman–Crippen LogP) is 3.61. The lowest BCUT2D eigenvalue weighted by Gasteiger charge is -2.14. The van der Waals surface area contributed by atoms with Crippen molar-refractivity contribution in [3.05, 3.63) is 98.4 Å². The molecule has 0 aliphatic carbocycles. The zero-order valence-corrected chi connectivity index (χ0v) is 24.6. The average Bonchev–Trinajstić information content (AvgIpc) is 3.35. The van der Waals surface area contributed by atoms with E-state index in [4.69, 9.17) is 4.74 Å². The van der Waals surface area contributed by atoms with Crippen molar-refractivity contribution in [2.45, 2.75) is 13.1 Å². The Labute approximate surface area is 248 Å². The number of hydroxylamine groups is 1. The fraction of sp³-hybridized carbons (Fsp3) is 0.207. The predicted molar refractivity (Wildman–Crippen MR) is 161 cm³/mol. The third-order valence-electron chi connectivity index (χ3n) is 6.50. The van der Waals surface area contributed by atoms with Gasteiger partial charge in [0, 0.05) is 28.7 Å². The number of methoxy groups -OCH3 is 1. The molecule has 0 fully saturated rings. The Morgan fingerprint density at radius 3 is 2.40 bits per heavy atom. The summed E-state index contributed by atoms with van der Waals surface area (Å²) in [7, 11) is 6.51. The monoisotopic (exact) mass is 605 g/mol. The summed E-state index contributed by atoms with van der Waals surface area (Å²) in [5.74, 6) is -0.253. The van der Waals surface area contributed by atoms with E-state index in [9.17, 15) is 18.8 Å². The minimum atomic E-state index is -0.687. The van der Waals surface area contributed by atoms with E-state index in [1.165, 1.54) is 48.3 Å². The molecule has 0 aliphatic heterocycles. The number of aromatic nitrogens is 4. The number of amides is 2. The summed E-state index contributed by atoms with van der Waals surface area (Å²) in [6, 6.07) is 15.6. The summed E-state index contributed by atoms with van der Waals surface area (Å²) in [5, 5.41) is 11.0. The van der Waals surface area contributed by atoms with Crippen LogP contribution in [-0.2, 0) is 17.9 Å². The molecule has 2 N–H and O–H groups in total. The smallest absolute Gasteiger partial charge is 0.343 e. The van der Waals surface area contributed by atoms with E-state index in [2.05, 4.69) is 25.8 Å². The van der Waals surface area contributed by atoms with Gasteiger partial charge in [-0.15, -0.1) is 21.5 Å². The highest BCUT2D eigenvalue weighted by atomic mass is 32.1. The average molecular weight is 606 g/mol. The molecule has 2 aromatic carbocycles. The molecule has 0 radical (unpaired) electrons. The summed E-state index contributed by atoms with van der Waals surface area (Å²) in [4.78, 5) is 47.7. The molecule has 0 saturated heterocycles. The first-order valence-corrected chi connectivity index (χ1v) is 13.8. The van der Waals surface area contributed by atoms with Crippen molar-refractivity contribution in [3.8, 4) is 22.1 Å². The molecule has 5 rings (SSSR count). The van der Waals surface area contributed by atoms with Gasteiger partial charge in [0.15, 0.2) is 5.82 Å². The Morgan fingerprint density at radius 1 is 1.02 bits per heavy atom. The molecule has 14 heteroatoms. The standard InChI is InChI=1S/C29H28FN7O5S/c1-35(2)16-20-24-26(38)37(22-13-14-23(41-3)33-32-22)29(40)36(15-18-7-5-6-8-21(18)30)27(24)43-25(20)17-9-11-19(12-10-17)31-28(39)34-42-4/h5-14H,15-16H2,1-4H3,(H2,31,34,39). The number of benzene rings is 2. The lowest BCUT2D eigenvalue weighted by atomic mass is 10.1. The minimum absolute atomic E-state index is 0.00768. The Morgan fingerprint density at radius 2 is 1.77 bits per heavy atom. The van der Waals surface area contributed by atoms with Crippen LogP contribution < -0.4 is 26.8 Å². The van der Waals surface area contributed by atoms with Crippen LogP contribution in [0, 0.1) is 5.82 Å². The number of ether oxygens (including phenoxy) is 1. The van der Waals surface area contributed by atoms with Crippen LogP contribution in [0.25, 0.3) is 26.5 Å². The lowest BCUT2D eigenvalue weighted by Crippen LogP contribution is -2.39. The zero-order valence-electron chi connectivity index (χ0n) is 23.8. The molecule has 0 bridgehead atoms. The second kappa shape index (κ2) is 12.5. The van der Waals surface area contributed by atoms with Gasteiger partial charge in [-0.3, -0.25) is 14.2 Å². The summed E-state index contributed by atoms with van der Waals surface area (Å²) in [5.41, 5.74) is 3.18. The fourth-order valence-electron chi connectivity index (χ4n) is 4.60. The highest BCUT2D eigenvalue weighted by molar-refractivity contribution is 7.22. The van der Waals surface area contributed by atoms with E-state index in [1.807, 2.05) is 19.0 Å². The number of carbonyl (C=O) groups excluding carboxylic acids is 1. The first-order valence-electron chi connectivity index (χ1n) is 13.0. The fourth-order valence-corrected chi connectivity index (χ4v) is 5.91. The molecule has 222 valence electrons. The Kier molecular flexibility index (Phi) is 8.61. The number of nitrogens with one attached hydrogen (secondary N) is 2. The Hall–Kier alpha value is -4.92. The second-order valence-electron chi connectivity index (χ2n) is 9.70. The van der Waals surface area contributed by atoms with Crippen molar-refractivity contribution in [1.82, 2.24) is 29.7 Å². The molecule has 0 unspecified atom stereocenters. The van der Waals surface area contributed by atoms with Gasteiger partial charge in [0.25, 0.3) is 5.56 Å². The minimum Gasteiger partial charge on any atom is -0.480 e. The highest BCUT2D eigenvalue weighted by Gasteiger charge is 2.25. The van der Waals surface area contributed by atoms with E-state index in [0.717, 1.165) is 15.0 Å². The SMILES string of the molecule is CONC(=O)Nc1ccc(-c2sc3c(c2CN(C)C)c(=O)n(-c2ccc(OC)nn2)c(=O)n3Cc2ccccc2F)cc1.